The third-order valence-corrected chi connectivity index (χ3v) is 2.89. The molecule has 108 valence electrons. The molecule has 0 aliphatic heterocycles. The number of alkyl halides is 3. The lowest BCUT2D eigenvalue weighted by Crippen LogP contribution is -2.41. The number of hydrazine groups is 1. The lowest BCUT2D eigenvalue weighted by atomic mass is 10.1. The molecule has 3 N–H and O–H groups in total. The monoisotopic (exact) mass is 316 g/mol. The summed E-state index contributed by atoms with van der Waals surface area (Å²) in [4.78, 5) is 0. The summed E-state index contributed by atoms with van der Waals surface area (Å²) in [6.45, 7) is -1.48. The van der Waals surface area contributed by atoms with Crippen molar-refractivity contribution in [1.29, 1.82) is 0 Å². The number of hydrogen-bond acceptors (Lipinski definition) is 3. The van der Waals surface area contributed by atoms with Gasteiger partial charge in [0, 0.05) is 16.1 Å². The number of benzene rings is 1. The van der Waals surface area contributed by atoms with Crippen LogP contribution in [-0.2, 0) is 11.2 Å². The molecule has 0 saturated heterocycles. The topological polar surface area (TPSA) is 47.3 Å². The van der Waals surface area contributed by atoms with Crippen molar-refractivity contribution in [3.8, 4) is 0 Å². The van der Waals surface area contributed by atoms with Crippen molar-refractivity contribution in [2.75, 3.05) is 13.2 Å². The van der Waals surface area contributed by atoms with Gasteiger partial charge in [0.05, 0.1) is 6.61 Å². The molecule has 1 rings (SSSR count). The summed E-state index contributed by atoms with van der Waals surface area (Å²) in [6, 6.07) is 4.43. The van der Waals surface area contributed by atoms with Crippen molar-refractivity contribution >= 4 is 23.2 Å². The van der Waals surface area contributed by atoms with E-state index in [1.165, 1.54) is 0 Å². The Balaban J connectivity index is 2.52. The fourth-order valence-corrected chi connectivity index (χ4v) is 1.92. The maximum absolute atomic E-state index is 11.9. The highest BCUT2D eigenvalue weighted by Gasteiger charge is 2.27. The van der Waals surface area contributed by atoms with Crippen LogP contribution >= 0.6 is 23.2 Å². The van der Waals surface area contributed by atoms with Crippen LogP contribution < -0.4 is 11.3 Å². The summed E-state index contributed by atoms with van der Waals surface area (Å²) < 4.78 is 40.3. The maximum Gasteiger partial charge on any atom is 0.411 e. The van der Waals surface area contributed by atoms with Crippen LogP contribution in [0.5, 0.6) is 0 Å². The first-order chi connectivity index (χ1) is 8.81. The molecule has 0 saturated carbocycles. The summed E-state index contributed by atoms with van der Waals surface area (Å²) in [5.41, 5.74) is 3.12. The van der Waals surface area contributed by atoms with Gasteiger partial charge in [-0.2, -0.15) is 13.2 Å². The molecule has 0 fully saturated rings. The molecule has 1 unspecified atom stereocenters. The number of nitrogens with two attached hydrogens (primary N) is 1. The SMILES string of the molecule is NNC(COCC(F)(F)F)Cc1ccc(Cl)cc1Cl. The Kier molecular flexibility index (Phi) is 6.35. The number of nitrogens with one attached hydrogen (secondary N) is 1. The molecule has 0 heterocycles. The zero-order valence-corrected chi connectivity index (χ0v) is 11.3. The van der Waals surface area contributed by atoms with Crippen LogP contribution in [0.1, 0.15) is 5.56 Å². The van der Waals surface area contributed by atoms with E-state index in [0.29, 0.717) is 16.5 Å². The van der Waals surface area contributed by atoms with Crippen molar-refractivity contribution in [2.24, 2.45) is 5.84 Å². The number of hydrogen-bond donors (Lipinski definition) is 2. The predicted octanol–water partition coefficient (Wildman–Crippen LogP) is 2.95. The average Bonchev–Trinajstić information content (AvgIpc) is 2.29. The van der Waals surface area contributed by atoms with Crippen molar-refractivity contribution in [1.82, 2.24) is 5.43 Å². The van der Waals surface area contributed by atoms with E-state index in [0.717, 1.165) is 5.56 Å². The molecule has 1 atom stereocenters. The minimum Gasteiger partial charge on any atom is -0.370 e. The van der Waals surface area contributed by atoms with E-state index < -0.39 is 18.8 Å². The summed E-state index contributed by atoms with van der Waals surface area (Å²) in [6.07, 6.45) is -4.01. The van der Waals surface area contributed by atoms with Crippen LogP contribution in [0, 0.1) is 0 Å². The number of rotatable bonds is 6. The van der Waals surface area contributed by atoms with Crippen molar-refractivity contribution < 1.29 is 17.9 Å². The van der Waals surface area contributed by atoms with Gasteiger partial charge in [-0.3, -0.25) is 11.3 Å². The molecule has 0 aliphatic carbocycles. The van der Waals surface area contributed by atoms with Gasteiger partial charge >= 0.3 is 6.18 Å². The Labute approximate surface area is 118 Å². The minimum atomic E-state index is -4.35. The third-order valence-electron chi connectivity index (χ3n) is 2.30. The van der Waals surface area contributed by atoms with Gasteiger partial charge in [-0.25, -0.2) is 0 Å². The van der Waals surface area contributed by atoms with E-state index in [-0.39, 0.29) is 6.61 Å². The normalized spacial score (nSPS) is 13.6. The van der Waals surface area contributed by atoms with Gasteiger partial charge in [0.1, 0.15) is 6.61 Å². The molecule has 0 amide bonds. The van der Waals surface area contributed by atoms with Gasteiger partial charge in [-0.1, -0.05) is 29.3 Å². The van der Waals surface area contributed by atoms with E-state index in [9.17, 15) is 13.2 Å². The van der Waals surface area contributed by atoms with Crippen LogP contribution in [0.15, 0.2) is 18.2 Å². The molecule has 3 nitrogen and oxygen atoms in total. The summed E-state index contributed by atoms with van der Waals surface area (Å²) in [7, 11) is 0. The van der Waals surface area contributed by atoms with Crippen molar-refractivity contribution in [3.63, 3.8) is 0 Å². The second kappa shape index (κ2) is 7.31. The zero-order chi connectivity index (χ0) is 14.5. The second-order valence-electron chi connectivity index (χ2n) is 3.93. The van der Waals surface area contributed by atoms with Gasteiger partial charge in [0.2, 0.25) is 0 Å². The molecule has 19 heavy (non-hydrogen) atoms. The van der Waals surface area contributed by atoms with Crippen LogP contribution in [0.2, 0.25) is 10.0 Å². The molecule has 0 bridgehead atoms. The highest BCUT2D eigenvalue weighted by atomic mass is 35.5. The third kappa shape index (κ3) is 6.44. The van der Waals surface area contributed by atoms with E-state index in [4.69, 9.17) is 29.0 Å². The van der Waals surface area contributed by atoms with E-state index >= 15 is 0 Å². The second-order valence-corrected chi connectivity index (χ2v) is 4.78. The van der Waals surface area contributed by atoms with Crippen LogP contribution in [0.25, 0.3) is 0 Å². The van der Waals surface area contributed by atoms with Crippen molar-refractivity contribution in [2.45, 2.75) is 18.6 Å². The molecule has 0 aliphatic rings. The minimum absolute atomic E-state index is 0.172. The Hall–Kier alpha value is -0.530. The Morgan fingerprint density at radius 1 is 1.32 bits per heavy atom. The van der Waals surface area contributed by atoms with Crippen LogP contribution in [0.4, 0.5) is 13.2 Å². The van der Waals surface area contributed by atoms with E-state index in [1.54, 1.807) is 18.2 Å². The number of halogens is 5. The van der Waals surface area contributed by atoms with E-state index in [2.05, 4.69) is 10.2 Å². The molecular weight excluding hydrogens is 304 g/mol. The van der Waals surface area contributed by atoms with E-state index in [1.807, 2.05) is 0 Å². The summed E-state index contributed by atoms with van der Waals surface area (Å²) in [5.74, 6) is 5.27. The molecule has 1 aromatic rings. The molecule has 0 radical (unpaired) electrons. The molecule has 8 heteroatoms. The molecule has 0 spiro atoms. The van der Waals surface area contributed by atoms with Gasteiger partial charge in [-0.05, 0) is 24.1 Å². The smallest absolute Gasteiger partial charge is 0.370 e. The highest BCUT2D eigenvalue weighted by molar-refractivity contribution is 6.35. The average molecular weight is 317 g/mol. The van der Waals surface area contributed by atoms with Gasteiger partial charge in [0.15, 0.2) is 0 Å². The zero-order valence-electron chi connectivity index (χ0n) is 9.81. The first-order valence-electron chi connectivity index (χ1n) is 5.36. The fraction of sp³-hybridized carbons (Fsp3) is 0.455. The van der Waals surface area contributed by atoms with Crippen molar-refractivity contribution in [3.05, 3.63) is 33.8 Å². The lowest BCUT2D eigenvalue weighted by molar-refractivity contribution is -0.175. The largest absolute Gasteiger partial charge is 0.411 e. The Morgan fingerprint density at radius 2 is 2.00 bits per heavy atom. The van der Waals surface area contributed by atoms with Gasteiger partial charge < -0.3 is 4.74 Å². The Bertz CT molecular complexity index is 415. The standard InChI is InChI=1S/C11H13Cl2F3N2O/c12-8-2-1-7(10(13)4-8)3-9(18-17)5-19-6-11(14,15)16/h1-2,4,9,18H,3,5-6,17H2. The fourth-order valence-electron chi connectivity index (χ4n) is 1.44. The quantitative estimate of drug-likeness (QED) is 0.626. The van der Waals surface area contributed by atoms with Crippen LogP contribution in [0.3, 0.4) is 0 Å². The highest BCUT2D eigenvalue weighted by Crippen LogP contribution is 2.22. The van der Waals surface area contributed by atoms with Crippen LogP contribution in [-0.4, -0.2) is 25.4 Å². The molecule has 1 aromatic carbocycles. The van der Waals surface area contributed by atoms with Gasteiger partial charge in [-0.15, -0.1) is 0 Å². The molecular formula is C11H13Cl2F3N2O. The summed E-state index contributed by atoms with van der Waals surface area (Å²) >= 11 is 11.7. The molecule has 0 aromatic heterocycles. The Morgan fingerprint density at radius 3 is 2.53 bits per heavy atom. The summed E-state index contributed by atoms with van der Waals surface area (Å²) in [5, 5.41) is 0.919. The first-order valence-corrected chi connectivity index (χ1v) is 6.12. The lowest BCUT2D eigenvalue weighted by Gasteiger charge is -2.17. The van der Waals surface area contributed by atoms with Gasteiger partial charge in [0.25, 0.3) is 0 Å². The maximum atomic E-state index is 11.9. The first kappa shape index (κ1) is 16.5. The number of ether oxygens (including phenoxy) is 1. The predicted molar refractivity (Wildman–Crippen MR) is 68.2 cm³/mol.